The number of aromatic nitrogens is 1. The van der Waals surface area contributed by atoms with Crippen molar-refractivity contribution in [1.82, 2.24) is 9.88 Å². The number of piperidine rings is 1. The van der Waals surface area contributed by atoms with Gasteiger partial charge in [0.2, 0.25) is 0 Å². The minimum Gasteiger partial charge on any atom is -0.444 e. The summed E-state index contributed by atoms with van der Waals surface area (Å²) in [6.07, 6.45) is 4.26. The third-order valence-electron chi connectivity index (χ3n) is 3.89. The summed E-state index contributed by atoms with van der Waals surface area (Å²) < 4.78 is 30.0. The van der Waals surface area contributed by atoms with Gasteiger partial charge in [-0.05, 0) is 57.2 Å². The predicted molar refractivity (Wildman–Crippen MR) is 92.3 cm³/mol. The van der Waals surface area contributed by atoms with Gasteiger partial charge in [-0.15, -0.1) is 0 Å². The van der Waals surface area contributed by atoms with Crippen LogP contribution in [0.2, 0.25) is 0 Å². The SMILES string of the molecule is CC(C)(C)OC(=O)N1CCC(CS(=O)(=O)Cc2ccncc2)CC1. The molecule has 1 aromatic rings. The minimum absolute atomic E-state index is 0.0435. The van der Waals surface area contributed by atoms with Crippen LogP contribution in [0.3, 0.4) is 0 Å². The van der Waals surface area contributed by atoms with Gasteiger partial charge in [0.25, 0.3) is 0 Å². The molecule has 0 aliphatic carbocycles. The number of likely N-dealkylation sites (tertiary alicyclic amines) is 1. The minimum atomic E-state index is -3.16. The van der Waals surface area contributed by atoms with Crippen LogP contribution in [0.1, 0.15) is 39.2 Å². The molecule has 134 valence electrons. The maximum atomic E-state index is 12.3. The first-order chi connectivity index (χ1) is 11.1. The number of carbonyl (C=O) groups is 1. The second kappa shape index (κ2) is 7.51. The Morgan fingerprint density at radius 1 is 1.25 bits per heavy atom. The highest BCUT2D eigenvalue weighted by atomic mass is 32.2. The summed E-state index contributed by atoms with van der Waals surface area (Å²) in [5.41, 5.74) is 0.248. The molecule has 6 nitrogen and oxygen atoms in total. The van der Waals surface area contributed by atoms with Crippen molar-refractivity contribution in [3.8, 4) is 0 Å². The summed E-state index contributed by atoms with van der Waals surface area (Å²) in [5.74, 6) is 0.301. The van der Waals surface area contributed by atoms with Gasteiger partial charge < -0.3 is 9.64 Å². The van der Waals surface area contributed by atoms with Crippen molar-refractivity contribution in [2.24, 2.45) is 5.92 Å². The fourth-order valence-electron chi connectivity index (χ4n) is 2.76. The van der Waals surface area contributed by atoms with Gasteiger partial charge in [-0.1, -0.05) is 0 Å². The van der Waals surface area contributed by atoms with Gasteiger partial charge in [0.1, 0.15) is 5.60 Å². The summed E-state index contributed by atoms with van der Waals surface area (Å²) in [6, 6.07) is 3.45. The molecule has 1 aliphatic rings. The quantitative estimate of drug-likeness (QED) is 0.831. The highest BCUT2D eigenvalue weighted by molar-refractivity contribution is 7.90. The van der Waals surface area contributed by atoms with Crippen molar-refractivity contribution < 1.29 is 17.9 Å². The van der Waals surface area contributed by atoms with Crippen molar-refractivity contribution in [2.45, 2.75) is 45.0 Å². The highest BCUT2D eigenvalue weighted by Crippen LogP contribution is 2.22. The van der Waals surface area contributed by atoms with E-state index < -0.39 is 15.4 Å². The van der Waals surface area contributed by atoms with Crippen LogP contribution in [0.4, 0.5) is 4.79 Å². The van der Waals surface area contributed by atoms with Crippen molar-refractivity contribution in [2.75, 3.05) is 18.8 Å². The molecule has 1 aromatic heterocycles. The average molecular weight is 354 g/mol. The first-order valence-corrected chi connectivity index (χ1v) is 10.0. The summed E-state index contributed by atoms with van der Waals surface area (Å²) in [7, 11) is -3.16. The van der Waals surface area contributed by atoms with Gasteiger partial charge in [-0.2, -0.15) is 0 Å². The first kappa shape index (κ1) is 18.7. The molecule has 7 heteroatoms. The smallest absolute Gasteiger partial charge is 0.410 e. The lowest BCUT2D eigenvalue weighted by Gasteiger charge is -2.33. The van der Waals surface area contributed by atoms with Gasteiger partial charge in [0.05, 0.1) is 11.5 Å². The number of ether oxygens (including phenoxy) is 1. The maximum absolute atomic E-state index is 12.3. The van der Waals surface area contributed by atoms with E-state index in [1.165, 1.54) is 0 Å². The fourth-order valence-corrected chi connectivity index (χ4v) is 4.63. The van der Waals surface area contributed by atoms with Crippen LogP contribution in [0.5, 0.6) is 0 Å². The standard InChI is InChI=1S/C17H26N2O4S/c1-17(2,3)23-16(20)19-10-6-15(7-11-19)13-24(21,22)12-14-4-8-18-9-5-14/h4-5,8-9,15H,6-7,10-13H2,1-3H3. The van der Waals surface area contributed by atoms with Crippen LogP contribution in [0.15, 0.2) is 24.5 Å². The number of rotatable bonds is 4. The summed E-state index contributed by atoms with van der Waals surface area (Å²) >= 11 is 0. The number of hydrogen-bond donors (Lipinski definition) is 0. The third-order valence-corrected chi connectivity index (χ3v) is 5.64. The Morgan fingerprint density at radius 3 is 2.38 bits per heavy atom. The van der Waals surface area contributed by atoms with Crippen molar-refractivity contribution in [1.29, 1.82) is 0 Å². The number of nitrogens with zero attached hydrogens (tertiary/aromatic N) is 2. The van der Waals surface area contributed by atoms with Gasteiger partial charge in [0, 0.05) is 25.5 Å². The van der Waals surface area contributed by atoms with Gasteiger partial charge >= 0.3 is 6.09 Å². The summed E-state index contributed by atoms with van der Waals surface area (Å²) in [6.45, 7) is 6.60. The van der Waals surface area contributed by atoms with Crippen molar-refractivity contribution in [3.05, 3.63) is 30.1 Å². The number of amides is 1. The van der Waals surface area contributed by atoms with Gasteiger partial charge in [-0.25, -0.2) is 13.2 Å². The summed E-state index contributed by atoms with van der Waals surface area (Å²) in [5, 5.41) is 0. The topological polar surface area (TPSA) is 76.6 Å². The zero-order valence-electron chi connectivity index (χ0n) is 14.6. The second-order valence-corrected chi connectivity index (χ2v) is 9.43. The Bertz CT molecular complexity index is 645. The Morgan fingerprint density at radius 2 is 1.83 bits per heavy atom. The lowest BCUT2D eigenvalue weighted by Crippen LogP contribution is -2.42. The van der Waals surface area contributed by atoms with Crippen molar-refractivity contribution >= 4 is 15.9 Å². The Labute approximate surface area is 144 Å². The lowest BCUT2D eigenvalue weighted by molar-refractivity contribution is 0.0191. The van der Waals surface area contributed by atoms with Crippen molar-refractivity contribution in [3.63, 3.8) is 0 Å². The number of sulfone groups is 1. The molecular weight excluding hydrogens is 328 g/mol. The van der Waals surface area contributed by atoms with Crippen LogP contribution in [0, 0.1) is 5.92 Å². The average Bonchev–Trinajstić information content (AvgIpc) is 2.46. The van der Waals surface area contributed by atoms with Crippen LogP contribution < -0.4 is 0 Å². The molecule has 0 N–H and O–H groups in total. The molecule has 0 atom stereocenters. The monoisotopic (exact) mass is 354 g/mol. The molecule has 0 spiro atoms. The van der Waals surface area contributed by atoms with E-state index in [0.29, 0.717) is 25.9 Å². The van der Waals surface area contributed by atoms with Crippen LogP contribution >= 0.6 is 0 Å². The van der Waals surface area contributed by atoms with E-state index in [4.69, 9.17) is 4.74 Å². The van der Waals surface area contributed by atoms with E-state index in [2.05, 4.69) is 4.98 Å². The third kappa shape index (κ3) is 6.11. The van der Waals surface area contributed by atoms with Gasteiger partial charge in [0.15, 0.2) is 9.84 Å². The molecule has 1 aliphatic heterocycles. The number of carbonyl (C=O) groups excluding carboxylic acids is 1. The van der Waals surface area contributed by atoms with Crippen LogP contribution in [-0.2, 0) is 20.3 Å². The molecule has 2 heterocycles. The molecule has 1 amide bonds. The molecule has 2 rings (SSSR count). The molecule has 0 saturated carbocycles. The van der Waals surface area contributed by atoms with E-state index >= 15 is 0 Å². The van der Waals surface area contributed by atoms with Gasteiger partial charge in [-0.3, -0.25) is 4.98 Å². The first-order valence-electron chi connectivity index (χ1n) is 8.22. The predicted octanol–water partition coefficient (Wildman–Crippen LogP) is 2.64. The molecule has 0 radical (unpaired) electrons. The summed E-state index contributed by atoms with van der Waals surface area (Å²) in [4.78, 5) is 17.6. The molecule has 24 heavy (non-hydrogen) atoms. The maximum Gasteiger partial charge on any atom is 0.410 e. The molecule has 0 unspecified atom stereocenters. The largest absolute Gasteiger partial charge is 0.444 e. The van der Waals surface area contributed by atoms with Crippen LogP contribution in [0.25, 0.3) is 0 Å². The Kier molecular flexibility index (Phi) is 5.85. The zero-order valence-corrected chi connectivity index (χ0v) is 15.4. The molecular formula is C17H26N2O4S. The molecule has 0 aromatic carbocycles. The molecule has 1 saturated heterocycles. The number of pyridine rings is 1. The lowest BCUT2D eigenvalue weighted by atomic mass is 9.99. The van der Waals surface area contributed by atoms with E-state index in [-0.39, 0.29) is 23.5 Å². The number of hydrogen-bond acceptors (Lipinski definition) is 5. The Balaban J connectivity index is 1.83. The van der Waals surface area contributed by atoms with E-state index in [1.807, 2.05) is 20.8 Å². The molecule has 0 bridgehead atoms. The van der Waals surface area contributed by atoms with E-state index in [1.54, 1.807) is 29.4 Å². The molecule has 1 fully saturated rings. The zero-order chi connectivity index (χ0) is 17.8. The van der Waals surface area contributed by atoms with Crippen LogP contribution in [-0.4, -0.2) is 48.8 Å². The highest BCUT2D eigenvalue weighted by Gasteiger charge is 2.29. The van der Waals surface area contributed by atoms with E-state index in [0.717, 1.165) is 5.56 Å². The van der Waals surface area contributed by atoms with E-state index in [9.17, 15) is 13.2 Å². The Hall–Kier alpha value is -1.63. The normalized spacial score (nSPS) is 16.9. The second-order valence-electron chi connectivity index (χ2n) is 7.32. The fraction of sp³-hybridized carbons (Fsp3) is 0.647.